The van der Waals surface area contributed by atoms with Gasteiger partial charge in [-0.1, -0.05) is 60.7 Å². The summed E-state index contributed by atoms with van der Waals surface area (Å²) < 4.78 is 5.07. The zero-order valence-corrected chi connectivity index (χ0v) is 11.2. The molecule has 0 saturated carbocycles. The third kappa shape index (κ3) is 4.62. The molecule has 0 aliphatic carbocycles. The molecule has 0 aliphatic rings. The van der Waals surface area contributed by atoms with Gasteiger partial charge in [-0.3, -0.25) is 9.59 Å². The number of esters is 1. The van der Waals surface area contributed by atoms with Crippen molar-refractivity contribution >= 4 is 24.1 Å². The summed E-state index contributed by atoms with van der Waals surface area (Å²) in [5.41, 5.74) is 1.73. The molecule has 21 heavy (non-hydrogen) atoms. The van der Waals surface area contributed by atoms with Crippen LogP contribution in [0.15, 0.2) is 54.6 Å². The summed E-state index contributed by atoms with van der Waals surface area (Å²) in [6, 6.07) is 16.7. The van der Waals surface area contributed by atoms with E-state index in [-0.39, 0.29) is 0 Å². The number of hydrogen-bond donors (Lipinski definition) is 1. The maximum atomic E-state index is 11.4. The summed E-state index contributed by atoms with van der Waals surface area (Å²) in [5, 5.41) is 8.57. The molecule has 0 radical (unpaired) electrons. The van der Waals surface area contributed by atoms with Gasteiger partial charge in [-0.05, 0) is 11.6 Å². The van der Waals surface area contributed by atoms with Gasteiger partial charge in [-0.25, -0.2) is 0 Å². The lowest BCUT2D eigenvalue weighted by molar-refractivity contribution is -0.145. The lowest BCUT2D eigenvalue weighted by atomic mass is 10.1. The second-order valence-corrected chi connectivity index (χ2v) is 4.33. The van der Waals surface area contributed by atoms with Crippen molar-refractivity contribution in [3.05, 3.63) is 65.7 Å². The number of rotatable bonds is 5. The van der Waals surface area contributed by atoms with E-state index in [4.69, 9.17) is 9.84 Å². The van der Waals surface area contributed by atoms with E-state index in [0.717, 1.165) is 5.56 Å². The first-order valence-corrected chi connectivity index (χ1v) is 6.40. The standard InChI is InChI=1S/C17H14O4/c18-16(19)12-17(20)21-15-9-5-4-8-14(15)11-10-13-6-2-1-3-7-13/h1-11H,12H2,(H,18,19). The van der Waals surface area contributed by atoms with Gasteiger partial charge in [0.2, 0.25) is 0 Å². The summed E-state index contributed by atoms with van der Waals surface area (Å²) in [6.45, 7) is 0. The molecule has 0 unspecified atom stereocenters. The van der Waals surface area contributed by atoms with E-state index < -0.39 is 18.4 Å². The second kappa shape index (κ2) is 7.05. The monoisotopic (exact) mass is 282 g/mol. The normalized spacial score (nSPS) is 10.5. The summed E-state index contributed by atoms with van der Waals surface area (Å²) in [6.07, 6.45) is 3.05. The number of para-hydroxylation sites is 1. The Bertz CT molecular complexity index is 660. The number of ether oxygens (including phenoxy) is 1. The molecule has 1 N–H and O–H groups in total. The highest BCUT2D eigenvalue weighted by Gasteiger charge is 2.11. The van der Waals surface area contributed by atoms with E-state index in [1.165, 1.54) is 0 Å². The van der Waals surface area contributed by atoms with Crippen LogP contribution in [0.3, 0.4) is 0 Å². The van der Waals surface area contributed by atoms with E-state index in [9.17, 15) is 9.59 Å². The van der Waals surface area contributed by atoms with E-state index in [1.54, 1.807) is 18.2 Å². The highest BCUT2D eigenvalue weighted by atomic mass is 16.5. The Labute approximate surface area is 122 Å². The van der Waals surface area contributed by atoms with Crippen LogP contribution in [-0.4, -0.2) is 17.0 Å². The van der Waals surface area contributed by atoms with Crippen LogP contribution in [0.2, 0.25) is 0 Å². The van der Waals surface area contributed by atoms with Gasteiger partial charge in [0.25, 0.3) is 0 Å². The fourth-order valence-corrected chi connectivity index (χ4v) is 1.74. The molecule has 0 heterocycles. The van der Waals surface area contributed by atoms with Gasteiger partial charge in [0, 0.05) is 5.56 Å². The average molecular weight is 282 g/mol. The van der Waals surface area contributed by atoms with Gasteiger partial charge in [0.15, 0.2) is 0 Å². The number of carboxylic acids is 1. The minimum atomic E-state index is -1.21. The zero-order valence-electron chi connectivity index (χ0n) is 11.2. The minimum absolute atomic E-state index is 0.343. The van der Waals surface area contributed by atoms with Gasteiger partial charge in [-0.2, -0.15) is 0 Å². The molecule has 0 aromatic heterocycles. The van der Waals surface area contributed by atoms with Crippen LogP contribution < -0.4 is 4.74 Å². The fraction of sp³-hybridized carbons (Fsp3) is 0.0588. The molecule has 0 bridgehead atoms. The van der Waals surface area contributed by atoms with Crippen LogP contribution in [0.4, 0.5) is 0 Å². The molecular weight excluding hydrogens is 268 g/mol. The quantitative estimate of drug-likeness (QED) is 0.396. The first-order valence-electron chi connectivity index (χ1n) is 6.40. The second-order valence-electron chi connectivity index (χ2n) is 4.33. The summed E-state index contributed by atoms with van der Waals surface area (Å²) >= 11 is 0. The van der Waals surface area contributed by atoms with Crippen LogP contribution >= 0.6 is 0 Å². The molecule has 0 atom stereocenters. The Kier molecular flexibility index (Phi) is 4.88. The Balaban J connectivity index is 2.15. The number of carboxylic acid groups (broad SMARTS) is 1. The largest absolute Gasteiger partial charge is 0.481 e. The van der Waals surface area contributed by atoms with Gasteiger partial charge in [0.05, 0.1) is 0 Å². The van der Waals surface area contributed by atoms with Crippen LogP contribution in [0.25, 0.3) is 12.2 Å². The Morgan fingerprint density at radius 3 is 2.33 bits per heavy atom. The number of benzene rings is 2. The third-order valence-corrected chi connectivity index (χ3v) is 2.69. The van der Waals surface area contributed by atoms with Crippen molar-refractivity contribution in [1.29, 1.82) is 0 Å². The van der Waals surface area contributed by atoms with E-state index in [2.05, 4.69) is 0 Å². The molecule has 2 aromatic rings. The SMILES string of the molecule is O=C(O)CC(=O)Oc1ccccc1C=Cc1ccccc1. The number of hydrogen-bond acceptors (Lipinski definition) is 3. The van der Waals surface area contributed by atoms with Crippen molar-refractivity contribution in [3.63, 3.8) is 0 Å². The highest BCUT2D eigenvalue weighted by molar-refractivity contribution is 5.91. The maximum Gasteiger partial charge on any atom is 0.322 e. The van der Waals surface area contributed by atoms with Crippen molar-refractivity contribution in [3.8, 4) is 5.75 Å². The third-order valence-electron chi connectivity index (χ3n) is 2.69. The molecule has 0 amide bonds. The van der Waals surface area contributed by atoms with Crippen molar-refractivity contribution in [2.45, 2.75) is 6.42 Å². The highest BCUT2D eigenvalue weighted by Crippen LogP contribution is 2.21. The molecule has 106 valence electrons. The first-order chi connectivity index (χ1) is 10.1. The van der Waals surface area contributed by atoms with E-state index in [1.807, 2.05) is 48.6 Å². The van der Waals surface area contributed by atoms with Crippen molar-refractivity contribution in [1.82, 2.24) is 0 Å². The van der Waals surface area contributed by atoms with Crippen LogP contribution in [0, 0.1) is 0 Å². The molecule has 0 fully saturated rings. The smallest absolute Gasteiger partial charge is 0.322 e. The number of aliphatic carboxylic acids is 1. The summed E-state index contributed by atoms with van der Waals surface area (Å²) in [4.78, 5) is 21.9. The Hall–Kier alpha value is -2.88. The molecular formula is C17H14O4. The number of carbonyl (C=O) groups is 2. The van der Waals surface area contributed by atoms with Crippen molar-refractivity contribution in [2.24, 2.45) is 0 Å². The Morgan fingerprint density at radius 2 is 1.62 bits per heavy atom. The minimum Gasteiger partial charge on any atom is -0.481 e. The van der Waals surface area contributed by atoms with Gasteiger partial charge in [0.1, 0.15) is 12.2 Å². The zero-order chi connectivity index (χ0) is 15.1. The van der Waals surface area contributed by atoms with E-state index in [0.29, 0.717) is 11.3 Å². The summed E-state index contributed by atoms with van der Waals surface area (Å²) in [7, 11) is 0. The molecule has 0 aliphatic heterocycles. The van der Waals surface area contributed by atoms with Crippen molar-refractivity contribution in [2.75, 3.05) is 0 Å². The van der Waals surface area contributed by atoms with Crippen LogP contribution in [0.5, 0.6) is 5.75 Å². The first kappa shape index (κ1) is 14.5. The lowest BCUT2D eigenvalue weighted by Crippen LogP contribution is -2.13. The van der Waals surface area contributed by atoms with Crippen molar-refractivity contribution < 1.29 is 19.4 Å². The molecule has 4 heteroatoms. The maximum absolute atomic E-state index is 11.4. The Morgan fingerprint density at radius 1 is 0.952 bits per heavy atom. The van der Waals surface area contributed by atoms with Crippen LogP contribution in [0.1, 0.15) is 17.5 Å². The summed E-state index contributed by atoms with van der Waals surface area (Å²) in [5.74, 6) is -1.66. The van der Waals surface area contributed by atoms with Crippen LogP contribution in [-0.2, 0) is 9.59 Å². The van der Waals surface area contributed by atoms with Gasteiger partial charge < -0.3 is 9.84 Å². The molecule has 4 nitrogen and oxygen atoms in total. The van der Waals surface area contributed by atoms with Gasteiger partial charge in [-0.15, -0.1) is 0 Å². The predicted octanol–water partition coefficient (Wildman–Crippen LogP) is 3.24. The topological polar surface area (TPSA) is 63.6 Å². The average Bonchev–Trinajstić information content (AvgIpc) is 2.46. The number of carbonyl (C=O) groups excluding carboxylic acids is 1. The molecule has 2 rings (SSSR count). The predicted molar refractivity (Wildman–Crippen MR) is 79.7 cm³/mol. The lowest BCUT2D eigenvalue weighted by Gasteiger charge is -2.06. The molecule has 2 aromatic carbocycles. The van der Waals surface area contributed by atoms with E-state index >= 15 is 0 Å². The molecule has 0 saturated heterocycles. The molecule has 0 spiro atoms. The van der Waals surface area contributed by atoms with Gasteiger partial charge >= 0.3 is 11.9 Å². The fourth-order valence-electron chi connectivity index (χ4n) is 1.74.